The van der Waals surface area contributed by atoms with Gasteiger partial charge in [0, 0.05) is 29.5 Å². The molecule has 2 aromatic carbocycles. The van der Waals surface area contributed by atoms with Crippen molar-refractivity contribution in [1.82, 2.24) is 9.97 Å². The summed E-state index contributed by atoms with van der Waals surface area (Å²) in [6, 6.07) is 17.0. The molecule has 1 heterocycles. The fourth-order valence-electron chi connectivity index (χ4n) is 2.47. The second-order valence-corrected chi connectivity index (χ2v) is 6.09. The van der Waals surface area contributed by atoms with E-state index in [1.807, 2.05) is 12.1 Å². The van der Waals surface area contributed by atoms with Crippen molar-refractivity contribution in [3.8, 4) is 11.3 Å². The quantitative estimate of drug-likeness (QED) is 0.688. The monoisotopic (exact) mass is 351 g/mol. The second-order valence-electron chi connectivity index (χ2n) is 5.66. The summed E-state index contributed by atoms with van der Waals surface area (Å²) in [5.74, 6) is -0.108. The molecule has 0 unspecified atom stereocenters. The first-order valence-electron chi connectivity index (χ1n) is 8.04. The Balaban J connectivity index is 1.87. The Morgan fingerprint density at radius 2 is 1.72 bits per heavy atom. The predicted octanol–water partition coefficient (Wildman–Crippen LogP) is 4.64. The minimum Gasteiger partial charge on any atom is -0.309 e. The normalized spacial score (nSPS) is 10.5. The highest BCUT2D eigenvalue weighted by Gasteiger charge is 2.17. The Hall–Kier alpha value is -2.72. The molecule has 0 saturated carbocycles. The maximum absolute atomic E-state index is 12.7. The molecule has 4 nitrogen and oxygen atoms in total. The van der Waals surface area contributed by atoms with Crippen LogP contribution in [0, 0.1) is 0 Å². The van der Waals surface area contributed by atoms with Crippen LogP contribution >= 0.6 is 11.6 Å². The highest BCUT2D eigenvalue weighted by atomic mass is 35.5. The molecular formula is C20H18ClN3O. The number of carbonyl (C=O) groups is 1. The standard InChI is InChI=1S/C20H18ClN3O/c1-3-14-4-6-15(7-5-14)18-12-13-22-19(23-18)20(25)24(2)17-10-8-16(21)9-11-17/h4-13H,3H2,1-2H3. The smallest absolute Gasteiger partial charge is 0.295 e. The van der Waals surface area contributed by atoms with Crippen LogP contribution < -0.4 is 4.90 Å². The molecule has 0 aliphatic heterocycles. The van der Waals surface area contributed by atoms with Gasteiger partial charge in [-0.25, -0.2) is 9.97 Å². The number of halogens is 1. The molecule has 25 heavy (non-hydrogen) atoms. The van der Waals surface area contributed by atoms with Crippen LogP contribution in [0.3, 0.4) is 0 Å². The number of anilines is 1. The van der Waals surface area contributed by atoms with E-state index in [0.717, 1.165) is 23.4 Å². The molecule has 0 spiro atoms. The molecule has 0 fully saturated rings. The summed E-state index contributed by atoms with van der Waals surface area (Å²) in [6.07, 6.45) is 2.60. The lowest BCUT2D eigenvalue weighted by molar-refractivity contribution is 0.0983. The van der Waals surface area contributed by atoms with Gasteiger partial charge in [-0.05, 0) is 42.3 Å². The van der Waals surface area contributed by atoms with E-state index in [1.54, 1.807) is 43.6 Å². The number of carbonyl (C=O) groups excluding carboxylic acids is 1. The largest absolute Gasteiger partial charge is 0.309 e. The van der Waals surface area contributed by atoms with Gasteiger partial charge in [0.15, 0.2) is 0 Å². The predicted molar refractivity (Wildman–Crippen MR) is 101 cm³/mol. The molecule has 1 aromatic heterocycles. The van der Waals surface area contributed by atoms with E-state index in [0.29, 0.717) is 5.02 Å². The van der Waals surface area contributed by atoms with Crippen molar-refractivity contribution in [2.24, 2.45) is 0 Å². The number of amides is 1. The van der Waals surface area contributed by atoms with Crippen molar-refractivity contribution in [2.75, 3.05) is 11.9 Å². The van der Waals surface area contributed by atoms with Crippen molar-refractivity contribution in [3.05, 3.63) is 77.2 Å². The highest BCUT2D eigenvalue weighted by Crippen LogP contribution is 2.20. The van der Waals surface area contributed by atoms with Crippen molar-refractivity contribution in [1.29, 1.82) is 0 Å². The molecule has 0 N–H and O–H groups in total. The van der Waals surface area contributed by atoms with E-state index in [2.05, 4.69) is 29.0 Å². The van der Waals surface area contributed by atoms with E-state index >= 15 is 0 Å². The maximum Gasteiger partial charge on any atom is 0.295 e. The number of aromatic nitrogens is 2. The van der Waals surface area contributed by atoms with Gasteiger partial charge < -0.3 is 4.90 Å². The average molecular weight is 352 g/mol. The minimum atomic E-state index is -0.269. The van der Waals surface area contributed by atoms with Crippen molar-refractivity contribution >= 4 is 23.2 Å². The van der Waals surface area contributed by atoms with Crippen LogP contribution in [0.2, 0.25) is 5.02 Å². The summed E-state index contributed by atoms with van der Waals surface area (Å²) in [4.78, 5) is 22.8. The van der Waals surface area contributed by atoms with Gasteiger partial charge in [0.2, 0.25) is 5.82 Å². The maximum atomic E-state index is 12.7. The zero-order chi connectivity index (χ0) is 17.8. The molecule has 3 aromatic rings. The molecule has 0 radical (unpaired) electrons. The van der Waals surface area contributed by atoms with Gasteiger partial charge in [-0.3, -0.25) is 4.79 Å². The van der Waals surface area contributed by atoms with Gasteiger partial charge in [0.05, 0.1) is 5.69 Å². The third-order valence-electron chi connectivity index (χ3n) is 4.02. The van der Waals surface area contributed by atoms with E-state index in [1.165, 1.54) is 10.5 Å². The Morgan fingerprint density at radius 3 is 2.36 bits per heavy atom. The average Bonchev–Trinajstić information content (AvgIpc) is 2.67. The molecule has 126 valence electrons. The lowest BCUT2D eigenvalue weighted by Gasteiger charge is -2.16. The van der Waals surface area contributed by atoms with Crippen LogP contribution in [0.1, 0.15) is 23.1 Å². The summed E-state index contributed by atoms with van der Waals surface area (Å²) in [5.41, 5.74) is 3.68. The van der Waals surface area contributed by atoms with Crippen molar-refractivity contribution < 1.29 is 4.79 Å². The Bertz CT molecular complexity index is 876. The first-order chi connectivity index (χ1) is 12.1. The minimum absolute atomic E-state index is 0.162. The number of benzene rings is 2. The summed E-state index contributed by atoms with van der Waals surface area (Å²) < 4.78 is 0. The molecule has 0 atom stereocenters. The summed E-state index contributed by atoms with van der Waals surface area (Å²) >= 11 is 5.89. The SMILES string of the molecule is CCc1ccc(-c2ccnc(C(=O)N(C)c3ccc(Cl)cc3)n2)cc1. The first-order valence-corrected chi connectivity index (χ1v) is 8.42. The molecule has 5 heteroatoms. The van der Waals surface area contributed by atoms with Crippen molar-refractivity contribution in [3.63, 3.8) is 0 Å². The van der Waals surface area contributed by atoms with E-state index in [9.17, 15) is 4.79 Å². The van der Waals surface area contributed by atoms with Gasteiger partial charge in [0.1, 0.15) is 0 Å². The third kappa shape index (κ3) is 3.86. The molecular weight excluding hydrogens is 334 g/mol. The molecule has 0 bridgehead atoms. The Labute approximate surface area is 152 Å². The van der Waals surface area contributed by atoms with Crippen LogP contribution in [0.5, 0.6) is 0 Å². The molecule has 1 amide bonds. The fourth-order valence-corrected chi connectivity index (χ4v) is 2.59. The molecule has 0 aliphatic carbocycles. The Kier molecular flexibility index (Phi) is 5.10. The topological polar surface area (TPSA) is 46.1 Å². The lowest BCUT2D eigenvalue weighted by Crippen LogP contribution is -2.28. The number of hydrogen-bond acceptors (Lipinski definition) is 3. The van der Waals surface area contributed by atoms with Gasteiger partial charge in [-0.15, -0.1) is 0 Å². The van der Waals surface area contributed by atoms with Gasteiger partial charge in [-0.2, -0.15) is 0 Å². The zero-order valence-electron chi connectivity index (χ0n) is 14.1. The number of rotatable bonds is 4. The fraction of sp³-hybridized carbons (Fsp3) is 0.150. The number of hydrogen-bond donors (Lipinski definition) is 0. The Morgan fingerprint density at radius 1 is 1.04 bits per heavy atom. The highest BCUT2D eigenvalue weighted by molar-refractivity contribution is 6.30. The summed E-state index contributed by atoms with van der Waals surface area (Å²) in [5, 5.41) is 0.623. The van der Waals surface area contributed by atoms with Crippen LogP contribution in [0.15, 0.2) is 60.8 Å². The van der Waals surface area contributed by atoms with Crippen LogP contribution in [-0.2, 0) is 6.42 Å². The summed E-state index contributed by atoms with van der Waals surface area (Å²) in [7, 11) is 1.69. The first kappa shape index (κ1) is 17.1. The van der Waals surface area contributed by atoms with Crippen LogP contribution in [0.25, 0.3) is 11.3 Å². The van der Waals surface area contributed by atoms with E-state index < -0.39 is 0 Å². The number of nitrogens with zero attached hydrogens (tertiary/aromatic N) is 3. The zero-order valence-corrected chi connectivity index (χ0v) is 14.9. The van der Waals surface area contributed by atoms with Crippen LogP contribution in [-0.4, -0.2) is 22.9 Å². The molecule has 3 rings (SSSR count). The number of aryl methyl sites for hydroxylation is 1. The van der Waals surface area contributed by atoms with Gasteiger partial charge >= 0.3 is 0 Å². The third-order valence-corrected chi connectivity index (χ3v) is 4.28. The van der Waals surface area contributed by atoms with E-state index in [4.69, 9.17) is 11.6 Å². The summed E-state index contributed by atoms with van der Waals surface area (Å²) in [6.45, 7) is 2.11. The van der Waals surface area contributed by atoms with Gasteiger partial charge in [-0.1, -0.05) is 42.8 Å². The molecule has 0 saturated heterocycles. The molecule has 0 aliphatic rings. The lowest BCUT2D eigenvalue weighted by atomic mass is 10.1. The second kappa shape index (κ2) is 7.45. The van der Waals surface area contributed by atoms with Crippen molar-refractivity contribution in [2.45, 2.75) is 13.3 Å². The van der Waals surface area contributed by atoms with Gasteiger partial charge in [0.25, 0.3) is 5.91 Å². The van der Waals surface area contributed by atoms with Crippen LogP contribution in [0.4, 0.5) is 5.69 Å². The van der Waals surface area contributed by atoms with E-state index in [-0.39, 0.29) is 11.7 Å².